The molecule has 1 N–H and O–H groups in total. The van der Waals surface area contributed by atoms with Crippen molar-refractivity contribution in [1.82, 2.24) is 5.32 Å². The first kappa shape index (κ1) is 15.8. The lowest BCUT2D eigenvalue weighted by Gasteiger charge is -2.30. The van der Waals surface area contributed by atoms with E-state index in [2.05, 4.69) is 48.6 Å². The summed E-state index contributed by atoms with van der Waals surface area (Å²) < 4.78 is 0. The molecule has 1 heterocycles. The quantitative estimate of drug-likeness (QED) is 0.937. The van der Waals surface area contributed by atoms with Gasteiger partial charge in [0.05, 0.1) is 6.54 Å². The van der Waals surface area contributed by atoms with Crippen LogP contribution in [0.25, 0.3) is 0 Å². The van der Waals surface area contributed by atoms with Gasteiger partial charge in [-0.3, -0.25) is 4.79 Å². The van der Waals surface area contributed by atoms with Crippen LogP contribution < -0.4 is 10.2 Å². The van der Waals surface area contributed by atoms with Gasteiger partial charge in [0.2, 0.25) is 5.91 Å². The molecule has 0 radical (unpaired) electrons. The molecule has 1 aliphatic rings. The van der Waals surface area contributed by atoms with Crippen LogP contribution in [0.1, 0.15) is 24.0 Å². The van der Waals surface area contributed by atoms with Crippen molar-refractivity contribution in [3.8, 4) is 0 Å². The summed E-state index contributed by atoms with van der Waals surface area (Å²) in [4.78, 5) is 15.0. The molecule has 120 valence electrons. The predicted octanol–water partition coefficient (Wildman–Crippen LogP) is 3.53. The number of piperidine rings is 1. The van der Waals surface area contributed by atoms with Gasteiger partial charge in [-0.1, -0.05) is 48.0 Å². The number of rotatable bonds is 4. The molecule has 2 aromatic rings. The van der Waals surface area contributed by atoms with E-state index in [0.29, 0.717) is 6.54 Å². The van der Waals surface area contributed by atoms with Gasteiger partial charge in [-0.05, 0) is 50.6 Å². The number of hydrogen-bond acceptors (Lipinski definition) is 2. The summed E-state index contributed by atoms with van der Waals surface area (Å²) in [6.07, 6.45) is 1.85. The molecule has 0 atom stereocenters. The molecule has 0 bridgehead atoms. The summed E-state index contributed by atoms with van der Waals surface area (Å²) in [6.45, 7) is 4.57. The van der Waals surface area contributed by atoms with Crippen LogP contribution in [0.4, 0.5) is 5.69 Å². The molecule has 1 amide bonds. The summed E-state index contributed by atoms with van der Waals surface area (Å²) in [7, 11) is 0. The highest BCUT2D eigenvalue weighted by Crippen LogP contribution is 2.24. The molecule has 0 saturated carbocycles. The number of carbonyl (C=O) groups excluding carboxylic acids is 1. The Morgan fingerprint density at radius 1 is 1.04 bits per heavy atom. The van der Waals surface area contributed by atoms with Crippen LogP contribution in [0.5, 0.6) is 0 Å². The largest absolute Gasteiger partial charge is 0.317 e. The average Bonchev–Trinajstić information content (AvgIpc) is 2.62. The molecular formula is C20H24N2O. The average molecular weight is 308 g/mol. The van der Waals surface area contributed by atoms with Gasteiger partial charge < -0.3 is 10.2 Å². The number of hydrogen-bond donors (Lipinski definition) is 1. The lowest BCUT2D eigenvalue weighted by molar-refractivity contribution is -0.123. The summed E-state index contributed by atoms with van der Waals surface area (Å²) in [6, 6.07) is 18.5. The van der Waals surface area contributed by atoms with E-state index in [1.807, 2.05) is 23.1 Å². The van der Waals surface area contributed by atoms with Gasteiger partial charge >= 0.3 is 0 Å². The zero-order valence-electron chi connectivity index (χ0n) is 13.7. The lowest BCUT2D eigenvalue weighted by Crippen LogP contribution is -2.40. The van der Waals surface area contributed by atoms with E-state index in [-0.39, 0.29) is 11.8 Å². The van der Waals surface area contributed by atoms with E-state index in [0.717, 1.165) is 37.2 Å². The van der Waals surface area contributed by atoms with Crippen molar-refractivity contribution in [2.24, 2.45) is 5.92 Å². The summed E-state index contributed by atoms with van der Waals surface area (Å²) in [5.74, 6) is 0.375. The molecule has 3 nitrogen and oxygen atoms in total. The van der Waals surface area contributed by atoms with Crippen molar-refractivity contribution in [3.63, 3.8) is 0 Å². The fourth-order valence-corrected chi connectivity index (χ4v) is 3.08. The minimum Gasteiger partial charge on any atom is -0.317 e. The lowest BCUT2D eigenvalue weighted by atomic mass is 9.96. The molecule has 2 aromatic carbocycles. The van der Waals surface area contributed by atoms with E-state index < -0.39 is 0 Å². The number of nitrogens with zero attached hydrogens (tertiary/aromatic N) is 1. The molecule has 1 fully saturated rings. The van der Waals surface area contributed by atoms with Crippen LogP contribution in [0.15, 0.2) is 54.6 Å². The topological polar surface area (TPSA) is 32.3 Å². The second kappa shape index (κ2) is 7.42. The first-order chi connectivity index (χ1) is 11.2. The third-order valence-electron chi connectivity index (χ3n) is 4.48. The number of amides is 1. The third-order valence-corrected chi connectivity index (χ3v) is 4.48. The van der Waals surface area contributed by atoms with Crippen molar-refractivity contribution >= 4 is 11.6 Å². The van der Waals surface area contributed by atoms with Crippen LogP contribution in [0, 0.1) is 12.8 Å². The second-order valence-electron chi connectivity index (χ2n) is 6.27. The van der Waals surface area contributed by atoms with E-state index in [9.17, 15) is 4.79 Å². The first-order valence-electron chi connectivity index (χ1n) is 8.37. The Bertz CT molecular complexity index is 630. The fourth-order valence-electron chi connectivity index (χ4n) is 3.08. The van der Waals surface area contributed by atoms with Crippen LogP contribution in [-0.4, -0.2) is 19.0 Å². The van der Waals surface area contributed by atoms with Gasteiger partial charge in [-0.2, -0.15) is 0 Å². The Hall–Kier alpha value is -2.13. The Balaban J connectivity index is 1.85. The van der Waals surface area contributed by atoms with E-state index in [1.54, 1.807) is 0 Å². The van der Waals surface area contributed by atoms with E-state index >= 15 is 0 Å². The van der Waals surface area contributed by atoms with Crippen LogP contribution in [0.3, 0.4) is 0 Å². The number of carbonyl (C=O) groups is 1. The van der Waals surface area contributed by atoms with Gasteiger partial charge in [0.25, 0.3) is 0 Å². The highest BCUT2D eigenvalue weighted by molar-refractivity contribution is 5.95. The van der Waals surface area contributed by atoms with Crippen LogP contribution >= 0.6 is 0 Å². The Labute approximate surface area is 138 Å². The summed E-state index contributed by atoms with van der Waals surface area (Å²) >= 11 is 0. The van der Waals surface area contributed by atoms with Gasteiger partial charge in [0.1, 0.15) is 0 Å². The van der Waals surface area contributed by atoms with E-state index in [1.165, 1.54) is 5.56 Å². The highest BCUT2D eigenvalue weighted by Gasteiger charge is 2.26. The molecular weight excluding hydrogens is 284 g/mol. The molecule has 0 aromatic heterocycles. The first-order valence-corrected chi connectivity index (χ1v) is 8.37. The molecule has 0 unspecified atom stereocenters. The van der Waals surface area contributed by atoms with Gasteiger partial charge in [-0.15, -0.1) is 0 Å². The summed E-state index contributed by atoms with van der Waals surface area (Å²) in [5, 5.41) is 3.33. The zero-order valence-corrected chi connectivity index (χ0v) is 13.7. The molecule has 0 aliphatic carbocycles. The Morgan fingerprint density at radius 3 is 2.35 bits per heavy atom. The maximum atomic E-state index is 13.1. The number of aryl methyl sites for hydroxylation is 1. The van der Waals surface area contributed by atoms with Crippen molar-refractivity contribution in [2.45, 2.75) is 26.3 Å². The number of anilines is 1. The van der Waals surface area contributed by atoms with Crippen LogP contribution in [-0.2, 0) is 11.3 Å². The maximum Gasteiger partial charge on any atom is 0.230 e. The Morgan fingerprint density at radius 2 is 1.70 bits per heavy atom. The van der Waals surface area contributed by atoms with Gasteiger partial charge in [0, 0.05) is 11.6 Å². The number of nitrogens with one attached hydrogen (secondary N) is 1. The third kappa shape index (κ3) is 3.99. The van der Waals surface area contributed by atoms with Crippen molar-refractivity contribution in [1.29, 1.82) is 0 Å². The molecule has 0 spiro atoms. The summed E-state index contributed by atoms with van der Waals surface area (Å²) in [5.41, 5.74) is 3.36. The van der Waals surface area contributed by atoms with Crippen molar-refractivity contribution in [2.75, 3.05) is 18.0 Å². The SMILES string of the molecule is Cc1ccc(N(Cc2ccccc2)C(=O)C2CCNCC2)cc1. The maximum absolute atomic E-state index is 13.1. The predicted molar refractivity (Wildman–Crippen MR) is 94.4 cm³/mol. The second-order valence-corrected chi connectivity index (χ2v) is 6.27. The monoisotopic (exact) mass is 308 g/mol. The molecule has 3 rings (SSSR count). The van der Waals surface area contributed by atoms with Gasteiger partial charge in [-0.25, -0.2) is 0 Å². The zero-order chi connectivity index (χ0) is 16.1. The van der Waals surface area contributed by atoms with Gasteiger partial charge in [0.15, 0.2) is 0 Å². The molecule has 1 saturated heterocycles. The normalized spacial score (nSPS) is 15.3. The standard InChI is InChI=1S/C20H24N2O/c1-16-7-9-19(10-8-16)22(15-17-5-3-2-4-6-17)20(23)18-11-13-21-14-12-18/h2-10,18,21H,11-15H2,1H3. The Kier molecular flexibility index (Phi) is 5.09. The molecule has 1 aliphatic heterocycles. The molecule has 23 heavy (non-hydrogen) atoms. The fraction of sp³-hybridized carbons (Fsp3) is 0.350. The van der Waals surface area contributed by atoms with E-state index in [4.69, 9.17) is 0 Å². The van der Waals surface area contributed by atoms with Crippen molar-refractivity contribution in [3.05, 3.63) is 65.7 Å². The molecule has 3 heteroatoms. The minimum atomic E-state index is 0.126. The van der Waals surface area contributed by atoms with Crippen molar-refractivity contribution < 1.29 is 4.79 Å². The van der Waals surface area contributed by atoms with Crippen LogP contribution in [0.2, 0.25) is 0 Å². The number of benzene rings is 2. The minimum absolute atomic E-state index is 0.126. The smallest absolute Gasteiger partial charge is 0.230 e. The highest BCUT2D eigenvalue weighted by atomic mass is 16.2.